The zero-order chi connectivity index (χ0) is 28.1. The smallest absolute Gasteiger partial charge is 0.282 e. The fourth-order valence-corrected chi connectivity index (χ4v) is 4.02. The second-order valence-corrected chi connectivity index (χ2v) is 9.54. The van der Waals surface area contributed by atoms with E-state index in [9.17, 15) is 24.1 Å². The number of rotatable bonds is 9. The molecule has 0 aliphatic rings. The number of nitrogens with one attached hydrogen (secondary N) is 1. The van der Waals surface area contributed by atoms with Crippen LogP contribution in [0.5, 0.6) is 5.75 Å². The number of halogens is 2. The molecule has 1 heterocycles. The molecule has 0 spiro atoms. The Labute approximate surface area is 230 Å². The highest BCUT2D eigenvalue weighted by Gasteiger charge is 2.17. The maximum absolute atomic E-state index is 13.4. The lowest BCUT2D eigenvalue weighted by atomic mass is 10.1. The van der Waals surface area contributed by atoms with Gasteiger partial charge < -0.3 is 10.1 Å². The minimum absolute atomic E-state index is 0.112. The molecule has 4 rings (SSSR count). The van der Waals surface area contributed by atoms with Gasteiger partial charge in [-0.05, 0) is 55.0 Å². The molecule has 0 unspecified atom stereocenters. The molecule has 10 nitrogen and oxygen atoms in total. The molecule has 1 aromatic heterocycles. The van der Waals surface area contributed by atoms with Crippen molar-refractivity contribution in [3.63, 3.8) is 0 Å². The van der Waals surface area contributed by atoms with Crippen LogP contribution in [-0.4, -0.2) is 33.3 Å². The third kappa shape index (κ3) is 6.52. The van der Waals surface area contributed by atoms with E-state index in [0.717, 1.165) is 0 Å². The van der Waals surface area contributed by atoms with E-state index in [-0.39, 0.29) is 22.9 Å². The Hall–Kier alpha value is -4.45. The summed E-state index contributed by atoms with van der Waals surface area (Å²) in [7, 11) is 0. The van der Waals surface area contributed by atoms with Gasteiger partial charge in [0.2, 0.25) is 0 Å². The Balaban J connectivity index is 1.68. The lowest BCUT2D eigenvalue weighted by molar-refractivity contribution is -0.384. The van der Waals surface area contributed by atoms with Crippen molar-refractivity contribution in [2.45, 2.75) is 26.2 Å². The first-order valence-electron chi connectivity index (χ1n) is 11.9. The van der Waals surface area contributed by atoms with Gasteiger partial charge in [0.25, 0.3) is 17.2 Å². The summed E-state index contributed by atoms with van der Waals surface area (Å²) >= 11 is 3.37. The summed E-state index contributed by atoms with van der Waals surface area (Å²) in [4.78, 5) is 41.2. The number of benzene rings is 3. The first kappa shape index (κ1) is 27.6. The number of non-ortho nitro benzene ring substituents is 1. The van der Waals surface area contributed by atoms with Crippen molar-refractivity contribution in [2.24, 2.45) is 5.10 Å². The molecule has 0 saturated heterocycles. The van der Waals surface area contributed by atoms with Crippen molar-refractivity contribution in [3.05, 3.63) is 103 Å². The quantitative estimate of drug-likeness (QED) is 0.152. The van der Waals surface area contributed by atoms with Crippen LogP contribution in [0, 0.1) is 15.9 Å². The number of fused-ring (bicyclic) bond motifs is 1. The number of aromatic nitrogens is 2. The molecule has 0 aliphatic heterocycles. The fraction of sp³-hybridized carbons (Fsp3) is 0.185. The van der Waals surface area contributed by atoms with E-state index >= 15 is 0 Å². The summed E-state index contributed by atoms with van der Waals surface area (Å²) in [5, 5.41) is 18.7. The lowest BCUT2D eigenvalue weighted by Gasteiger charge is -2.14. The molecular formula is C27H23BrFN5O5. The van der Waals surface area contributed by atoms with Crippen molar-refractivity contribution in [2.75, 3.05) is 11.9 Å². The van der Waals surface area contributed by atoms with Crippen LogP contribution in [0.25, 0.3) is 10.9 Å². The van der Waals surface area contributed by atoms with E-state index in [1.165, 1.54) is 53.4 Å². The predicted molar refractivity (Wildman–Crippen MR) is 149 cm³/mol. The first-order chi connectivity index (χ1) is 18.7. The molecule has 0 fully saturated rings. The molecule has 0 radical (unpaired) electrons. The van der Waals surface area contributed by atoms with Crippen LogP contribution in [0.4, 0.5) is 15.8 Å². The van der Waals surface area contributed by atoms with Crippen molar-refractivity contribution < 1.29 is 18.8 Å². The van der Waals surface area contributed by atoms with Crippen LogP contribution >= 0.6 is 15.9 Å². The largest absolute Gasteiger partial charge is 0.483 e. The average molecular weight is 596 g/mol. The van der Waals surface area contributed by atoms with Gasteiger partial charge in [-0.1, -0.05) is 29.8 Å². The molecule has 4 aromatic rings. The highest BCUT2D eigenvalue weighted by Crippen LogP contribution is 2.24. The maximum atomic E-state index is 13.4. The second-order valence-electron chi connectivity index (χ2n) is 8.63. The van der Waals surface area contributed by atoms with Crippen molar-refractivity contribution >= 4 is 50.3 Å². The molecular weight excluding hydrogens is 573 g/mol. The number of nitro benzene ring substituents is 1. The van der Waals surface area contributed by atoms with E-state index in [2.05, 4.69) is 31.3 Å². The Morgan fingerprint density at radius 3 is 2.67 bits per heavy atom. The van der Waals surface area contributed by atoms with Crippen LogP contribution < -0.4 is 15.6 Å². The van der Waals surface area contributed by atoms with Gasteiger partial charge in [0.1, 0.15) is 17.4 Å². The monoisotopic (exact) mass is 595 g/mol. The Morgan fingerprint density at radius 1 is 1.23 bits per heavy atom. The number of nitro groups is 1. The van der Waals surface area contributed by atoms with Crippen molar-refractivity contribution in [1.29, 1.82) is 0 Å². The standard InChI is InChI=1S/C27H23BrFN5O5/c1-3-16(2)26-32-23-10-4-18(28)13-22(23)27(36)33(26)30-14-17-12-21(34(37)38)9-11-24(17)39-15-25(35)31-20-7-5-19(29)6-8-20/h4-14,16H,3,15H2,1-2H3,(H,31,35)/t16-/m1/s1. The second kappa shape index (κ2) is 11.9. The number of carbonyl (C=O) groups excluding carboxylic acids is 1. The third-order valence-corrected chi connectivity index (χ3v) is 6.38. The first-order valence-corrected chi connectivity index (χ1v) is 12.7. The number of hydrogen-bond donors (Lipinski definition) is 1. The molecule has 0 aliphatic carbocycles. The molecule has 1 N–H and O–H groups in total. The molecule has 39 heavy (non-hydrogen) atoms. The van der Waals surface area contributed by atoms with Crippen LogP contribution in [0.15, 0.2) is 75.0 Å². The minimum Gasteiger partial charge on any atom is -0.483 e. The Morgan fingerprint density at radius 2 is 1.97 bits per heavy atom. The summed E-state index contributed by atoms with van der Waals surface area (Å²) < 4.78 is 20.6. The molecule has 1 atom stereocenters. The predicted octanol–water partition coefficient (Wildman–Crippen LogP) is 5.62. The zero-order valence-electron chi connectivity index (χ0n) is 20.9. The van der Waals surface area contributed by atoms with Crippen LogP contribution in [0.1, 0.15) is 37.6 Å². The van der Waals surface area contributed by atoms with Crippen LogP contribution in [0.3, 0.4) is 0 Å². The molecule has 1 amide bonds. The number of nitrogens with zero attached hydrogens (tertiary/aromatic N) is 4. The highest BCUT2D eigenvalue weighted by atomic mass is 79.9. The van der Waals surface area contributed by atoms with E-state index < -0.39 is 28.8 Å². The van der Waals surface area contributed by atoms with E-state index in [0.29, 0.717) is 33.3 Å². The summed E-state index contributed by atoms with van der Waals surface area (Å²) in [6.07, 6.45) is 1.96. The number of hydrogen-bond acceptors (Lipinski definition) is 7. The maximum Gasteiger partial charge on any atom is 0.282 e. The molecule has 12 heteroatoms. The summed E-state index contributed by atoms with van der Waals surface area (Å²) in [6, 6.07) is 14.2. The Kier molecular flexibility index (Phi) is 8.45. The molecule has 0 bridgehead atoms. The lowest BCUT2D eigenvalue weighted by Crippen LogP contribution is -2.24. The average Bonchev–Trinajstić information content (AvgIpc) is 2.92. The van der Waals surface area contributed by atoms with Crippen molar-refractivity contribution in [3.8, 4) is 5.75 Å². The van der Waals surface area contributed by atoms with Gasteiger partial charge in [0, 0.05) is 33.8 Å². The van der Waals surface area contributed by atoms with Gasteiger partial charge in [-0.25, -0.2) is 9.37 Å². The highest BCUT2D eigenvalue weighted by molar-refractivity contribution is 9.10. The topological polar surface area (TPSA) is 129 Å². The number of anilines is 1. The molecule has 3 aromatic carbocycles. The van der Waals surface area contributed by atoms with E-state index in [1.807, 2.05) is 13.8 Å². The van der Waals surface area contributed by atoms with E-state index in [1.54, 1.807) is 18.2 Å². The van der Waals surface area contributed by atoms with Gasteiger partial charge in [-0.3, -0.25) is 19.7 Å². The Bertz CT molecular complexity index is 1640. The number of carbonyl (C=O) groups is 1. The summed E-state index contributed by atoms with van der Waals surface area (Å²) in [5.74, 6) is -0.515. The zero-order valence-corrected chi connectivity index (χ0v) is 22.5. The van der Waals surface area contributed by atoms with Gasteiger partial charge in [0.15, 0.2) is 6.61 Å². The van der Waals surface area contributed by atoms with Crippen LogP contribution in [0.2, 0.25) is 0 Å². The molecule has 200 valence electrons. The summed E-state index contributed by atoms with van der Waals surface area (Å²) in [5.41, 5.74) is 0.448. The summed E-state index contributed by atoms with van der Waals surface area (Å²) in [6.45, 7) is 3.44. The number of amides is 1. The van der Waals surface area contributed by atoms with Gasteiger partial charge in [-0.2, -0.15) is 9.78 Å². The minimum atomic E-state index is -0.575. The molecule has 0 saturated carbocycles. The van der Waals surface area contributed by atoms with Crippen LogP contribution in [-0.2, 0) is 4.79 Å². The SMILES string of the molecule is CC[C@@H](C)c1nc2ccc(Br)cc2c(=O)n1N=Cc1cc([N+](=O)[O-])ccc1OCC(=O)Nc1ccc(F)cc1. The number of ether oxygens (including phenoxy) is 1. The normalized spacial score (nSPS) is 12.0. The van der Waals surface area contributed by atoms with Gasteiger partial charge in [0.05, 0.1) is 22.0 Å². The fourth-order valence-electron chi connectivity index (χ4n) is 3.65. The van der Waals surface area contributed by atoms with Gasteiger partial charge >= 0.3 is 0 Å². The van der Waals surface area contributed by atoms with Crippen molar-refractivity contribution in [1.82, 2.24) is 9.66 Å². The third-order valence-electron chi connectivity index (χ3n) is 5.89. The van der Waals surface area contributed by atoms with Gasteiger partial charge in [-0.15, -0.1) is 0 Å². The van der Waals surface area contributed by atoms with E-state index in [4.69, 9.17) is 4.74 Å².